The summed E-state index contributed by atoms with van der Waals surface area (Å²) in [5.41, 5.74) is 0. The zero-order chi connectivity index (χ0) is 3.41. The van der Waals surface area contributed by atoms with E-state index in [2.05, 4.69) is 0 Å². The van der Waals surface area contributed by atoms with Gasteiger partial charge in [-0.05, 0) is 6.42 Å². The van der Waals surface area contributed by atoms with E-state index < -0.39 is 0 Å². The van der Waals surface area contributed by atoms with Crippen molar-refractivity contribution in [3.05, 3.63) is 0 Å². The van der Waals surface area contributed by atoms with E-state index in [-0.39, 0.29) is 21.9 Å². The molecule has 0 aliphatic rings. The maximum Gasteiger partial charge on any atom is 0.0428 e. The molecule has 5 heteroatoms. The first-order valence-corrected chi connectivity index (χ1v) is 1.52. The van der Waals surface area contributed by atoms with Crippen molar-refractivity contribution in [2.45, 2.75) is 13.3 Å². The molecule has 0 radical (unpaired) electrons. The first-order chi connectivity index (χ1) is 1.91. The number of aliphatic hydroxyl groups is 1. The average molecular weight is 132 g/mol. The SMILES string of the molecule is CCCO.O.O.O.O. The van der Waals surface area contributed by atoms with Crippen LogP contribution in [0.1, 0.15) is 13.3 Å². The second kappa shape index (κ2) is 70.6. The Bertz CT molecular complexity index is 9.64. The molecule has 5 nitrogen and oxygen atoms in total. The van der Waals surface area contributed by atoms with E-state index in [1.807, 2.05) is 6.92 Å². The fourth-order valence-electron chi connectivity index (χ4n) is 0. The summed E-state index contributed by atoms with van der Waals surface area (Å²) in [6.07, 6.45) is 0.875. The highest BCUT2D eigenvalue weighted by molar-refractivity contribution is 4.10. The van der Waals surface area contributed by atoms with E-state index in [9.17, 15) is 0 Å². The lowest BCUT2D eigenvalue weighted by Gasteiger charge is -1.69. The molecule has 0 aromatic heterocycles. The highest BCUT2D eigenvalue weighted by Crippen LogP contribution is 1.61. The normalized spacial score (nSPS) is 3.75. The van der Waals surface area contributed by atoms with Gasteiger partial charge in [-0.3, -0.25) is 0 Å². The van der Waals surface area contributed by atoms with Gasteiger partial charge in [0.2, 0.25) is 0 Å². The summed E-state index contributed by atoms with van der Waals surface area (Å²) in [4.78, 5) is 0. The molecule has 58 valence electrons. The summed E-state index contributed by atoms with van der Waals surface area (Å²) in [7, 11) is 0. The van der Waals surface area contributed by atoms with Crippen LogP contribution in [0.25, 0.3) is 0 Å². The topological polar surface area (TPSA) is 146 Å². The molecule has 0 aliphatic heterocycles. The zero-order valence-electron chi connectivity index (χ0n) is 4.86. The van der Waals surface area contributed by atoms with Crippen LogP contribution in [-0.2, 0) is 0 Å². The molecule has 9 N–H and O–H groups in total. The van der Waals surface area contributed by atoms with Gasteiger partial charge in [-0.1, -0.05) is 6.92 Å². The lowest BCUT2D eigenvalue weighted by atomic mass is 10.5. The van der Waals surface area contributed by atoms with E-state index in [0.717, 1.165) is 6.42 Å². The minimum atomic E-state index is 0. The van der Waals surface area contributed by atoms with Crippen LogP contribution in [0.15, 0.2) is 0 Å². The van der Waals surface area contributed by atoms with Crippen molar-refractivity contribution < 1.29 is 27.0 Å². The Morgan fingerprint density at radius 1 is 1.00 bits per heavy atom. The summed E-state index contributed by atoms with van der Waals surface area (Å²) in [5.74, 6) is 0. The quantitative estimate of drug-likeness (QED) is 0.400. The number of aliphatic hydroxyl groups excluding tert-OH is 1. The van der Waals surface area contributed by atoms with Crippen LogP contribution in [-0.4, -0.2) is 33.6 Å². The van der Waals surface area contributed by atoms with Crippen molar-refractivity contribution in [3.8, 4) is 0 Å². The Balaban J connectivity index is -0.00000000750. The van der Waals surface area contributed by atoms with Crippen molar-refractivity contribution in [1.29, 1.82) is 0 Å². The van der Waals surface area contributed by atoms with E-state index in [1.165, 1.54) is 0 Å². The zero-order valence-corrected chi connectivity index (χ0v) is 4.86. The molecule has 0 aromatic carbocycles. The van der Waals surface area contributed by atoms with E-state index >= 15 is 0 Å². The maximum absolute atomic E-state index is 7.88. The first kappa shape index (κ1) is 46.0. The fourth-order valence-corrected chi connectivity index (χ4v) is 0. The molecular formula is C3H16O5. The van der Waals surface area contributed by atoms with Gasteiger partial charge >= 0.3 is 0 Å². The second-order valence-electron chi connectivity index (χ2n) is 0.724. The Morgan fingerprint density at radius 3 is 1.12 bits per heavy atom. The highest BCUT2D eigenvalue weighted by atomic mass is 16.2. The van der Waals surface area contributed by atoms with E-state index in [1.54, 1.807) is 0 Å². The molecule has 0 heterocycles. The molecule has 0 rings (SSSR count). The highest BCUT2D eigenvalue weighted by Gasteiger charge is 1.57. The molecule has 0 spiro atoms. The third-order valence-electron chi connectivity index (χ3n) is 0.224. The van der Waals surface area contributed by atoms with Gasteiger partial charge in [0.25, 0.3) is 0 Å². The Labute approximate surface area is 48.2 Å². The van der Waals surface area contributed by atoms with Crippen LogP contribution in [0.3, 0.4) is 0 Å². The van der Waals surface area contributed by atoms with Crippen molar-refractivity contribution >= 4 is 0 Å². The molecule has 0 aromatic rings. The van der Waals surface area contributed by atoms with Crippen molar-refractivity contribution in [2.24, 2.45) is 0 Å². The molecule has 0 aliphatic carbocycles. The predicted molar refractivity (Wildman–Crippen MR) is 31.8 cm³/mol. The summed E-state index contributed by atoms with van der Waals surface area (Å²) in [5, 5.41) is 7.88. The van der Waals surface area contributed by atoms with Crippen molar-refractivity contribution in [2.75, 3.05) is 6.61 Å². The molecule has 0 unspecified atom stereocenters. The summed E-state index contributed by atoms with van der Waals surface area (Å²) in [6.45, 7) is 2.25. The minimum Gasteiger partial charge on any atom is -0.412 e. The molecule has 0 amide bonds. The van der Waals surface area contributed by atoms with Crippen LogP contribution in [0.5, 0.6) is 0 Å². The van der Waals surface area contributed by atoms with Crippen LogP contribution >= 0.6 is 0 Å². The minimum absolute atomic E-state index is 0. The molecule has 8 heavy (non-hydrogen) atoms. The Morgan fingerprint density at radius 2 is 1.12 bits per heavy atom. The monoisotopic (exact) mass is 132 g/mol. The third-order valence-corrected chi connectivity index (χ3v) is 0.224. The van der Waals surface area contributed by atoms with Gasteiger partial charge < -0.3 is 27.0 Å². The Kier molecular flexibility index (Phi) is 406. The molecule has 0 atom stereocenters. The molecule has 0 fully saturated rings. The summed E-state index contributed by atoms with van der Waals surface area (Å²) >= 11 is 0. The van der Waals surface area contributed by atoms with Crippen molar-refractivity contribution in [3.63, 3.8) is 0 Å². The number of rotatable bonds is 1. The first-order valence-electron chi connectivity index (χ1n) is 1.52. The van der Waals surface area contributed by atoms with Gasteiger partial charge in [-0.25, -0.2) is 0 Å². The summed E-state index contributed by atoms with van der Waals surface area (Å²) < 4.78 is 0. The van der Waals surface area contributed by atoms with Gasteiger partial charge in [0.15, 0.2) is 0 Å². The number of hydrogen-bond acceptors (Lipinski definition) is 1. The molecule has 0 saturated carbocycles. The van der Waals surface area contributed by atoms with Gasteiger partial charge in [-0.15, -0.1) is 0 Å². The second-order valence-corrected chi connectivity index (χ2v) is 0.724. The van der Waals surface area contributed by atoms with Crippen LogP contribution < -0.4 is 0 Å². The van der Waals surface area contributed by atoms with E-state index in [0.29, 0.717) is 6.61 Å². The predicted octanol–water partition coefficient (Wildman–Crippen LogP) is -2.91. The molecule has 0 saturated heterocycles. The Hall–Kier alpha value is -0.200. The average Bonchev–Trinajstić information content (AvgIpc) is 1.37. The van der Waals surface area contributed by atoms with Gasteiger partial charge in [0.1, 0.15) is 0 Å². The van der Waals surface area contributed by atoms with Crippen molar-refractivity contribution in [1.82, 2.24) is 0 Å². The van der Waals surface area contributed by atoms with Crippen LogP contribution in [0, 0.1) is 0 Å². The fraction of sp³-hybridized carbons (Fsp3) is 1.00. The maximum atomic E-state index is 7.88. The van der Waals surface area contributed by atoms with E-state index in [4.69, 9.17) is 5.11 Å². The van der Waals surface area contributed by atoms with Gasteiger partial charge in [0, 0.05) is 6.61 Å². The molecule has 0 bridgehead atoms. The van der Waals surface area contributed by atoms with Gasteiger partial charge in [0.05, 0.1) is 0 Å². The number of hydrogen-bond donors (Lipinski definition) is 1. The van der Waals surface area contributed by atoms with Gasteiger partial charge in [-0.2, -0.15) is 0 Å². The van der Waals surface area contributed by atoms with Crippen LogP contribution in [0.2, 0.25) is 0 Å². The standard InChI is InChI=1S/C3H8O.4H2O/c1-2-3-4;;;;/h4H,2-3H2,1H3;4*1H2. The summed E-state index contributed by atoms with van der Waals surface area (Å²) in [6, 6.07) is 0. The lowest BCUT2D eigenvalue weighted by molar-refractivity contribution is 0.295. The smallest absolute Gasteiger partial charge is 0.0428 e. The molecular weight excluding hydrogens is 116 g/mol. The van der Waals surface area contributed by atoms with Crippen LogP contribution in [0.4, 0.5) is 0 Å². The lowest BCUT2D eigenvalue weighted by Crippen LogP contribution is -1.69. The largest absolute Gasteiger partial charge is 0.412 e. The third kappa shape index (κ3) is 209.